The Morgan fingerprint density at radius 1 is 1.03 bits per heavy atom. The van der Waals surface area contributed by atoms with E-state index in [9.17, 15) is 19.5 Å². The van der Waals surface area contributed by atoms with Crippen LogP contribution in [0.25, 0.3) is 11.1 Å². The lowest BCUT2D eigenvalue weighted by Crippen LogP contribution is -2.44. The van der Waals surface area contributed by atoms with E-state index in [-0.39, 0.29) is 37.3 Å². The number of fused-ring (bicyclic) bond motifs is 3. The van der Waals surface area contributed by atoms with E-state index in [1.54, 1.807) is 6.92 Å². The first-order valence-electron chi connectivity index (χ1n) is 11.5. The molecule has 1 aliphatic rings. The molecule has 2 aromatic carbocycles. The highest BCUT2D eigenvalue weighted by Gasteiger charge is 2.29. The number of benzene rings is 2. The van der Waals surface area contributed by atoms with Crippen LogP contribution >= 0.6 is 0 Å². The first-order valence-corrected chi connectivity index (χ1v) is 11.5. The van der Waals surface area contributed by atoms with Crippen LogP contribution in [0, 0.1) is 5.92 Å². The first-order chi connectivity index (χ1) is 15.9. The molecule has 0 radical (unpaired) electrons. The predicted octanol–water partition coefficient (Wildman–Crippen LogP) is 4.26. The molecular formula is C26H32N2O5. The summed E-state index contributed by atoms with van der Waals surface area (Å²) < 4.78 is 5.55. The number of likely N-dealkylation sites (N-methyl/N-ethyl adjacent to an activating group) is 1. The van der Waals surface area contributed by atoms with Gasteiger partial charge < -0.3 is 20.1 Å². The van der Waals surface area contributed by atoms with E-state index in [2.05, 4.69) is 29.6 Å². The number of amides is 2. The SMILES string of the molecule is CCC(CNC(=O)OCC1c2ccccc2-c2ccccc21)CC(=O)N(CC)C(C)C(=O)O. The van der Waals surface area contributed by atoms with Gasteiger partial charge in [0.05, 0.1) is 0 Å². The largest absolute Gasteiger partial charge is 0.480 e. The number of rotatable bonds is 10. The number of nitrogens with one attached hydrogen (secondary N) is 1. The van der Waals surface area contributed by atoms with Gasteiger partial charge in [0.25, 0.3) is 0 Å². The predicted molar refractivity (Wildman–Crippen MR) is 126 cm³/mol. The zero-order valence-electron chi connectivity index (χ0n) is 19.4. The number of carbonyl (C=O) groups excluding carboxylic acids is 2. The fourth-order valence-corrected chi connectivity index (χ4v) is 4.40. The lowest BCUT2D eigenvalue weighted by Gasteiger charge is -2.27. The Morgan fingerprint density at radius 2 is 1.61 bits per heavy atom. The zero-order chi connectivity index (χ0) is 24.0. The fraction of sp³-hybridized carbons (Fsp3) is 0.423. The highest BCUT2D eigenvalue weighted by Crippen LogP contribution is 2.44. The minimum Gasteiger partial charge on any atom is -0.480 e. The molecule has 33 heavy (non-hydrogen) atoms. The van der Waals surface area contributed by atoms with Gasteiger partial charge in [-0.05, 0) is 42.0 Å². The minimum atomic E-state index is -1.03. The van der Waals surface area contributed by atoms with Gasteiger partial charge in [-0.1, -0.05) is 61.9 Å². The van der Waals surface area contributed by atoms with Crippen molar-refractivity contribution in [3.8, 4) is 11.1 Å². The monoisotopic (exact) mass is 452 g/mol. The quantitative estimate of drug-likeness (QED) is 0.561. The van der Waals surface area contributed by atoms with Crippen LogP contribution in [-0.4, -0.2) is 53.7 Å². The molecule has 176 valence electrons. The van der Waals surface area contributed by atoms with Gasteiger partial charge in [0.2, 0.25) is 5.91 Å². The number of nitrogens with zero attached hydrogens (tertiary/aromatic N) is 1. The Kier molecular flexibility index (Phi) is 8.09. The maximum absolute atomic E-state index is 12.6. The number of carboxylic acid groups (broad SMARTS) is 1. The Morgan fingerprint density at radius 3 is 2.12 bits per heavy atom. The Hall–Kier alpha value is -3.35. The van der Waals surface area contributed by atoms with Gasteiger partial charge in [-0.2, -0.15) is 0 Å². The van der Waals surface area contributed by atoms with E-state index >= 15 is 0 Å². The van der Waals surface area contributed by atoms with Crippen molar-refractivity contribution in [3.63, 3.8) is 0 Å². The van der Waals surface area contributed by atoms with Gasteiger partial charge in [0, 0.05) is 25.4 Å². The molecule has 0 heterocycles. The van der Waals surface area contributed by atoms with Crippen LogP contribution in [0.4, 0.5) is 4.79 Å². The number of hydrogen-bond acceptors (Lipinski definition) is 4. The molecule has 0 saturated carbocycles. The van der Waals surface area contributed by atoms with Gasteiger partial charge in [-0.3, -0.25) is 4.79 Å². The third kappa shape index (κ3) is 5.53. The second-order valence-corrected chi connectivity index (χ2v) is 8.38. The van der Waals surface area contributed by atoms with Crippen molar-refractivity contribution < 1.29 is 24.2 Å². The summed E-state index contributed by atoms with van der Waals surface area (Å²) in [6, 6.07) is 15.4. The van der Waals surface area contributed by atoms with Gasteiger partial charge in [0.15, 0.2) is 0 Å². The topological polar surface area (TPSA) is 95.9 Å². The lowest BCUT2D eigenvalue weighted by molar-refractivity contribution is -0.149. The zero-order valence-corrected chi connectivity index (χ0v) is 19.4. The summed E-state index contributed by atoms with van der Waals surface area (Å²) in [4.78, 5) is 37.6. The summed E-state index contributed by atoms with van der Waals surface area (Å²) in [5.74, 6) is -1.38. The van der Waals surface area contributed by atoms with Gasteiger partial charge in [0.1, 0.15) is 12.6 Å². The molecule has 0 saturated heterocycles. The maximum atomic E-state index is 12.6. The smallest absolute Gasteiger partial charge is 0.407 e. The molecule has 1 aliphatic carbocycles. The van der Waals surface area contributed by atoms with Crippen molar-refractivity contribution in [2.24, 2.45) is 5.92 Å². The van der Waals surface area contributed by atoms with Crippen molar-refractivity contribution in [2.75, 3.05) is 19.7 Å². The molecule has 2 atom stereocenters. The Labute approximate surface area is 194 Å². The summed E-state index contributed by atoms with van der Waals surface area (Å²) >= 11 is 0. The van der Waals surface area contributed by atoms with Crippen LogP contribution in [0.5, 0.6) is 0 Å². The normalized spacial score (nSPS) is 14.0. The van der Waals surface area contributed by atoms with Crippen LogP contribution in [0.15, 0.2) is 48.5 Å². The summed E-state index contributed by atoms with van der Waals surface area (Å²) in [5.41, 5.74) is 4.64. The molecule has 7 heteroatoms. The maximum Gasteiger partial charge on any atom is 0.407 e. The van der Waals surface area contributed by atoms with Gasteiger partial charge in [-0.15, -0.1) is 0 Å². The number of carboxylic acids is 1. The van der Waals surface area contributed by atoms with E-state index < -0.39 is 18.1 Å². The number of alkyl carbamates (subject to hydrolysis) is 1. The first kappa shape index (κ1) is 24.3. The molecule has 7 nitrogen and oxygen atoms in total. The third-order valence-corrected chi connectivity index (χ3v) is 6.41. The highest BCUT2D eigenvalue weighted by molar-refractivity contribution is 5.83. The number of hydrogen-bond donors (Lipinski definition) is 2. The average Bonchev–Trinajstić information content (AvgIpc) is 3.14. The highest BCUT2D eigenvalue weighted by atomic mass is 16.5. The number of ether oxygens (including phenoxy) is 1. The summed E-state index contributed by atoms with van der Waals surface area (Å²) in [5, 5.41) is 12.0. The van der Waals surface area contributed by atoms with Crippen LogP contribution < -0.4 is 5.32 Å². The van der Waals surface area contributed by atoms with Crippen molar-refractivity contribution in [3.05, 3.63) is 59.7 Å². The second kappa shape index (κ2) is 11.0. The van der Waals surface area contributed by atoms with Crippen LogP contribution in [0.1, 0.15) is 50.7 Å². The fourth-order valence-electron chi connectivity index (χ4n) is 4.40. The molecule has 2 N–H and O–H groups in total. The standard InChI is InChI=1S/C26H32N2O5/c1-4-18(14-24(29)28(5-2)17(3)25(30)31)15-27-26(32)33-16-23-21-12-8-6-10-19(21)20-11-7-9-13-22(20)23/h6-13,17-18,23H,4-5,14-16H2,1-3H3,(H,27,32)(H,30,31). The molecule has 2 amide bonds. The molecule has 0 aliphatic heterocycles. The van der Waals surface area contributed by atoms with Crippen molar-refractivity contribution in [1.29, 1.82) is 0 Å². The molecule has 0 aromatic heterocycles. The number of carbonyl (C=O) groups is 3. The Bertz CT molecular complexity index is 960. The average molecular weight is 453 g/mol. The molecule has 0 fully saturated rings. The van der Waals surface area contributed by atoms with E-state index in [1.807, 2.05) is 31.2 Å². The lowest BCUT2D eigenvalue weighted by atomic mass is 9.98. The van der Waals surface area contributed by atoms with E-state index in [4.69, 9.17) is 4.74 Å². The summed E-state index contributed by atoms with van der Waals surface area (Å²) in [6.07, 6.45) is 0.328. The summed E-state index contributed by atoms with van der Waals surface area (Å²) in [7, 11) is 0. The molecule has 0 spiro atoms. The van der Waals surface area contributed by atoms with Crippen LogP contribution in [0.3, 0.4) is 0 Å². The van der Waals surface area contributed by atoms with Crippen molar-refractivity contribution >= 4 is 18.0 Å². The van der Waals surface area contributed by atoms with E-state index in [1.165, 1.54) is 23.0 Å². The molecule has 3 rings (SSSR count). The van der Waals surface area contributed by atoms with Gasteiger partial charge >= 0.3 is 12.1 Å². The van der Waals surface area contributed by atoms with Crippen molar-refractivity contribution in [2.45, 2.75) is 45.6 Å². The molecule has 2 aromatic rings. The van der Waals surface area contributed by atoms with Gasteiger partial charge in [-0.25, -0.2) is 9.59 Å². The number of aliphatic carboxylic acids is 1. The minimum absolute atomic E-state index is 0.0117. The molecular weight excluding hydrogens is 420 g/mol. The van der Waals surface area contributed by atoms with Crippen LogP contribution in [-0.2, 0) is 14.3 Å². The summed E-state index contributed by atoms with van der Waals surface area (Å²) in [6.45, 7) is 6.04. The third-order valence-electron chi connectivity index (χ3n) is 6.41. The van der Waals surface area contributed by atoms with E-state index in [0.29, 0.717) is 13.0 Å². The second-order valence-electron chi connectivity index (χ2n) is 8.38. The molecule has 0 bridgehead atoms. The van der Waals surface area contributed by atoms with E-state index in [0.717, 1.165) is 11.1 Å². The van der Waals surface area contributed by atoms with Crippen molar-refractivity contribution in [1.82, 2.24) is 10.2 Å². The Balaban J connectivity index is 1.54. The van der Waals surface area contributed by atoms with Crippen LogP contribution in [0.2, 0.25) is 0 Å². The molecule has 2 unspecified atom stereocenters.